The Bertz CT molecular complexity index is 332. The molecule has 0 heterocycles. The molecule has 1 aromatic carbocycles. The second-order valence-electron chi connectivity index (χ2n) is 3.20. The molecule has 3 nitrogen and oxygen atoms in total. The minimum Gasteiger partial charge on any atom is -0.392 e. The van der Waals surface area contributed by atoms with Gasteiger partial charge in [-0.25, -0.2) is 0 Å². The van der Waals surface area contributed by atoms with Gasteiger partial charge >= 0.3 is 0 Å². The van der Waals surface area contributed by atoms with Crippen LogP contribution >= 0.6 is 28.6 Å². The number of hydrogen-bond acceptors (Lipinski definition) is 4. The van der Waals surface area contributed by atoms with E-state index in [1.165, 1.54) is 0 Å². The molecule has 0 saturated heterocycles. The molecule has 0 fully saturated rings. The maximum absolute atomic E-state index is 9.70. The summed E-state index contributed by atoms with van der Waals surface area (Å²) in [5.74, 6) is 0.186. The van der Waals surface area contributed by atoms with Crippen LogP contribution in [0.25, 0.3) is 0 Å². The van der Waals surface area contributed by atoms with Crippen molar-refractivity contribution < 1.29 is 15.3 Å². The molecule has 0 aliphatic carbocycles. The maximum atomic E-state index is 9.70. The number of rotatable bonds is 4. The smallest absolute Gasteiger partial charge is 0.106 e. The lowest BCUT2D eigenvalue weighted by Gasteiger charge is -2.17. The molecule has 1 rings (SSSR count). The van der Waals surface area contributed by atoms with Crippen LogP contribution in [0.15, 0.2) is 22.7 Å². The van der Waals surface area contributed by atoms with Crippen molar-refractivity contribution >= 4 is 28.6 Å². The van der Waals surface area contributed by atoms with Gasteiger partial charge in [-0.1, -0.05) is 22.0 Å². The summed E-state index contributed by atoms with van der Waals surface area (Å²) in [6.07, 6.45) is -1.87. The summed E-state index contributed by atoms with van der Waals surface area (Å²) in [4.78, 5) is 0. The summed E-state index contributed by atoms with van der Waals surface area (Å²) in [5, 5.41) is 28.1. The lowest BCUT2D eigenvalue weighted by molar-refractivity contribution is 0.0336. The highest BCUT2D eigenvalue weighted by molar-refractivity contribution is 9.10. The summed E-state index contributed by atoms with van der Waals surface area (Å²) in [6.45, 7) is -0.113. The monoisotopic (exact) mass is 292 g/mol. The van der Waals surface area contributed by atoms with E-state index in [0.717, 1.165) is 4.47 Å². The van der Waals surface area contributed by atoms with Crippen LogP contribution in [0.1, 0.15) is 17.2 Å². The van der Waals surface area contributed by atoms with Crippen molar-refractivity contribution in [1.82, 2.24) is 0 Å². The molecule has 84 valence electrons. The van der Waals surface area contributed by atoms with Crippen LogP contribution in [-0.2, 0) is 6.61 Å². The Labute approximate surface area is 102 Å². The van der Waals surface area contributed by atoms with Gasteiger partial charge in [-0.2, -0.15) is 12.6 Å². The number of aliphatic hydroxyl groups excluding tert-OH is 3. The molecule has 0 aliphatic rings. The standard InChI is InChI=1S/C10H13BrO3S/c11-8-2-1-6(3-7(8)4-12)10(14)9(13)5-15/h1-3,9-10,12-15H,4-5H2. The highest BCUT2D eigenvalue weighted by Gasteiger charge is 2.17. The molecule has 3 N–H and O–H groups in total. The van der Waals surface area contributed by atoms with Crippen molar-refractivity contribution in [1.29, 1.82) is 0 Å². The summed E-state index contributed by atoms with van der Waals surface area (Å²) in [7, 11) is 0. The minimum absolute atomic E-state index is 0.113. The first-order valence-corrected chi connectivity index (χ1v) is 5.89. The average Bonchev–Trinajstić information content (AvgIpc) is 2.27. The zero-order chi connectivity index (χ0) is 11.4. The normalized spacial score (nSPS) is 15.0. The van der Waals surface area contributed by atoms with E-state index < -0.39 is 12.2 Å². The van der Waals surface area contributed by atoms with Gasteiger partial charge in [0.05, 0.1) is 12.7 Å². The first-order chi connectivity index (χ1) is 7.10. The fraction of sp³-hybridized carbons (Fsp3) is 0.400. The van der Waals surface area contributed by atoms with Gasteiger partial charge in [-0.15, -0.1) is 0 Å². The van der Waals surface area contributed by atoms with Gasteiger partial charge in [0.25, 0.3) is 0 Å². The molecule has 0 bridgehead atoms. The van der Waals surface area contributed by atoms with Crippen LogP contribution in [0.5, 0.6) is 0 Å². The summed E-state index contributed by atoms with van der Waals surface area (Å²) < 4.78 is 0.779. The molecule has 0 saturated carbocycles. The molecule has 0 aromatic heterocycles. The van der Waals surface area contributed by atoms with E-state index in [0.29, 0.717) is 11.1 Å². The van der Waals surface area contributed by atoms with Crippen molar-refractivity contribution in [3.63, 3.8) is 0 Å². The summed E-state index contributed by atoms with van der Waals surface area (Å²) >= 11 is 7.18. The Balaban J connectivity index is 2.95. The predicted octanol–water partition coefficient (Wildman–Crippen LogP) is 1.27. The molecule has 1 aromatic rings. The van der Waals surface area contributed by atoms with Gasteiger partial charge in [0.2, 0.25) is 0 Å². The van der Waals surface area contributed by atoms with Gasteiger partial charge in [-0.3, -0.25) is 0 Å². The van der Waals surface area contributed by atoms with E-state index >= 15 is 0 Å². The van der Waals surface area contributed by atoms with Crippen LogP contribution < -0.4 is 0 Å². The maximum Gasteiger partial charge on any atom is 0.106 e. The fourth-order valence-electron chi connectivity index (χ4n) is 1.22. The van der Waals surface area contributed by atoms with Gasteiger partial charge in [0.1, 0.15) is 6.10 Å². The largest absolute Gasteiger partial charge is 0.392 e. The van der Waals surface area contributed by atoms with Crippen molar-refractivity contribution in [3.8, 4) is 0 Å². The molecular weight excluding hydrogens is 280 g/mol. The van der Waals surface area contributed by atoms with Crippen LogP contribution in [0, 0.1) is 0 Å². The number of halogens is 1. The number of hydrogen-bond donors (Lipinski definition) is 4. The number of benzene rings is 1. The van der Waals surface area contributed by atoms with Gasteiger partial charge in [0.15, 0.2) is 0 Å². The number of aliphatic hydroxyl groups is 3. The van der Waals surface area contributed by atoms with Crippen molar-refractivity contribution in [2.24, 2.45) is 0 Å². The average molecular weight is 293 g/mol. The summed E-state index contributed by atoms with van der Waals surface area (Å²) in [5.41, 5.74) is 1.25. The third-order valence-corrected chi connectivity index (χ3v) is 3.28. The molecule has 15 heavy (non-hydrogen) atoms. The zero-order valence-electron chi connectivity index (χ0n) is 7.97. The van der Waals surface area contributed by atoms with E-state index in [2.05, 4.69) is 28.6 Å². The Kier molecular flexibility index (Phi) is 5.08. The van der Waals surface area contributed by atoms with Crippen molar-refractivity contribution in [3.05, 3.63) is 33.8 Å². The van der Waals surface area contributed by atoms with Gasteiger partial charge in [-0.05, 0) is 23.3 Å². The second kappa shape index (κ2) is 5.86. The molecule has 0 spiro atoms. The topological polar surface area (TPSA) is 60.7 Å². The van der Waals surface area contributed by atoms with Crippen molar-refractivity contribution in [2.75, 3.05) is 5.75 Å². The third-order valence-electron chi connectivity index (χ3n) is 2.13. The highest BCUT2D eigenvalue weighted by atomic mass is 79.9. The van der Waals surface area contributed by atoms with E-state index in [1.54, 1.807) is 18.2 Å². The van der Waals surface area contributed by atoms with E-state index in [-0.39, 0.29) is 12.4 Å². The lowest BCUT2D eigenvalue weighted by atomic mass is 10.0. The Morgan fingerprint density at radius 2 is 2.00 bits per heavy atom. The molecule has 2 atom stereocenters. The zero-order valence-corrected chi connectivity index (χ0v) is 10.4. The van der Waals surface area contributed by atoms with Crippen LogP contribution in [0.4, 0.5) is 0 Å². The van der Waals surface area contributed by atoms with Crippen LogP contribution in [0.2, 0.25) is 0 Å². The number of thiol groups is 1. The van der Waals surface area contributed by atoms with Crippen molar-refractivity contribution in [2.45, 2.75) is 18.8 Å². The summed E-state index contributed by atoms with van der Waals surface area (Å²) in [6, 6.07) is 5.08. The first kappa shape index (κ1) is 13.0. The second-order valence-corrected chi connectivity index (χ2v) is 4.42. The quantitative estimate of drug-likeness (QED) is 0.632. The Morgan fingerprint density at radius 1 is 1.33 bits per heavy atom. The fourth-order valence-corrected chi connectivity index (χ4v) is 1.79. The Hall–Kier alpha value is -0.0700. The van der Waals surface area contributed by atoms with Crippen LogP contribution in [-0.4, -0.2) is 27.2 Å². The molecule has 0 aliphatic heterocycles. The predicted molar refractivity (Wildman–Crippen MR) is 64.9 cm³/mol. The van der Waals surface area contributed by atoms with E-state index in [9.17, 15) is 10.2 Å². The lowest BCUT2D eigenvalue weighted by Crippen LogP contribution is -2.19. The minimum atomic E-state index is -0.971. The molecule has 5 heteroatoms. The van der Waals surface area contributed by atoms with Gasteiger partial charge < -0.3 is 15.3 Å². The van der Waals surface area contributed by atoms with E-state index in [1.807, 2.05) is 0 Å². The van der Waals surface area contributed by atoms with Crippen LogP contribution in [0.3, 0.4) is 0 Å². The first-order valence-electron chi connectivity index (χ1n) is 4.46. The SMILES string of the molecule is OCc1cc(C(O)C(O)CS)ccc1Br. The Morgan fingerprint density at radius 3 is 2.53 bits per heavy atom. The van der Waals surface area contributed by atoms with Gasteiger partial charge in [0, 0.05) is 10.2 Å². The molecule has 2 unspecified atom stereocenters. The molecule has 0 radical (unpaired) electrons. The highest BCUT2D eigenvalue weighted by Crippen LogP contribution is 2.24. The van der Waals surface area contributed by atoms with E-state index in [4.69, 9.17) is 5.11 Å². The molecular formula is C10H13BrO3S. The third kappa shape index (κ3) is 3.19. The molecule has 0 amide bonds.